The third kappa shape index (κ3) is 4.24. The molecule has 0 radical (unpaired) electrons. The number of anilines is 1. The van der Waals surface area contributed by atoms with Crippen molar-refractivity contribution in [1.82, 2.24) is 9.80 Å². The van der Waals surface area contributed by atoms with Crippen molar-refractivity contribution in [2.75, 3.05) is 44.6 Å². The Hall–Kier alpha value is -1.59. The highest BCUT2D eigenvalue weighted by molar-refractivity contribution is 5.95. The topological polar surface area (TPSA) is 44.8 Å². The summed E-state index contributed by atoms with van der Waals surface area (Å²) in [5.74, 6) is 0.704. The zero-order valence-electron chi connectivity index (χ0n) is 14.2. The summed E-state index contributed by atoms with van der Waals surface area (Å²) in [6, 6.07) is 6.77. The van der Waals surface area contributed by atoms with Gasteiger partial charge < -0.3 is 15.0 Å². The van der Waals surface area contributed by atoms with E-state index >= 15 is 0 Å². The van der Waals surface area contributed by atoms with Crippen LogP contribution in [0.3, 0.4) is 0 Å². The number of aryl methyl sites for hydroxylation is 1. The largest absolute Gasteiger partial charge is 0.482 e. The fraction of sp³-hybridized carbons (Fsp3) is 0.611. The van der Waals surface area contributed by atoms with Crippen LogP contribution in [-0.2, 0) is 11.2 Å². The Morgan fingerprint density at radius 2 is 2.00 bits per heavy atom. The van der Waals surface area contributed by atoms with Gasteiger partial charge in [-0.1, -0.05) is 6.07 Å². The van der Waals surface area contributed by atoms with E-state index in [0.717, 1.165) is 30.8 Å². The molecule has 0 atom stereocenters. The molecule has 126 valence electrons. The van der Waals surface area contributed by atoms with Gasteiger partial charge in [-0.2, -0.15) is 0 Å². The fourth-order valence-corrected chi connectivity index (χ4v) is 3.30. The summed E-state index contributed by atoms with van der Waals surface area (Å²) in [5, 5.41) is 2.88. The number of ether oxygens (including phenoxy) is 1. The van der Waals surface area contributed by atoms with Crippen molar-refractivity contribution >= 4 is 11.6 Å². The van der Waals surface area contributed by atoms with Gasteiger partial charge in [0.2, 0.25) is 0 Å². The molecular formula is C18H27N3O2. The lowest BCUT2D eigenvalue weighted by Crippen LogP contribution is -2.48. The van der Waals surface area contributed by atoms with E-state index in [4.69, 9.17) is 4.74 Å². The molecule has 5 heteroatoms. The number of nitrogens with one attached hydrogen (secondary N) is 1. The molecule has 0 unspecified atom stereocenters. The lowest BCUT2D eigenvalue weighted by Gasteiger charge is -2.36. The Kier molecular flexibility index (Phi) is 5.18. The SMILES string of the molecule is CC(C)N1CCN(CCCc2ccc3c(c2)NC(=O)CO3)CC1. The zero-order chi connectivity index (χ0) is 16.2. The van der Waals surface area contributed by atoms with Gasteiger partial charge in [-0.15, -0.1) is 0 Å². The number of fused-ring (bicyclic) bond motifs is 1. The van der Waals surface area contributed by atoms with Gasteiger partial charge in [0.15, 0.2) is 6.61 Å². The molecule has 1 amide bonds. The second kappa shape index (κ2) is 7.32. The van der Waals surface area contributed by atoms with Crippen LogP contribution in [0.2, 0.25) is 0 Å². The van der Waals surface area contributed by atoms with Gasteiger partial charge in [-0.3, -0.25) is 9.69 Å². The van der Waals surface area contributed by atoms with Gasteiger partial charge in [-0.05, 0) is 50.9 Å². The minimum Gasteiger partial charge on any atom is -0.482 e. The molecule has 1 saturated heterocycles. The molecule has 2 heterocycles. The number of nitrogens with zero attached hydrogens (tertiary/aromatic N) is 2. The highest BCUT2D eigenvalue weighted by atomic mass is 16.5. The zero-order valence-corrected chi connectivity index (χ0v) is 14.2. The smallest absolute Gasteiger partial charge is 0.262 e. The number of carbonyl (C=O) groups excluding carboxylic acids is 1. The maximum absolute atomic E-state index is 11.4. The number of hydrogen-bond donors (Lipinski definition) is 1. The van der Waals surface area contributed by atoms with Crippen molar-refractivity contribution in [1.29, 1.82) is 0 Å². The van der Waals surface area contributed by atoms with Crippen molar-refractivity contribution in [3.63, 3.8) is 0 Å². The molecule has 0 aliphatic carbocycles. The molecule has 5 nitrogen and oxygen atoms in total. The van der Waals surface area contributed by atoms with Crippen molar-refractivity contribution in [3.05, 3.63) is 23.8 Å². The summed E-state index contributed by atoms with van der Waals surface area (Å²) in [4.78, 5) is 16.5. The first-order valence-electron chi connectivity index (χ1n) is 8.64. The van der Waals surface area contributed by atoms with Crippen LogP contribution in [0.25, 0.3) is 0 Å². The minimum atomic E-state index is -0.0716. The molecule has 1 N–H and O–H groups in total. The van der Waals surface area contributed by atoms with Crippen LogP contribution >= 0.6 is 0 Å². The first-order chi connectivity index (χ1) is 11.1. The van der Waals surface area contributed by atoms with Crippen molar-refractivity contribution < 1.29 is 9.53 Å². The fourth-order valence-electron chi connectivity index (χ4n) is 3.30. The van der Waals surface area contributed by atoms with Crippen LogP contribution in [0.5, 0.6) is 5.75 Å². The quantitative estimate of drug-likeness (QED) is 0.902. The lowest BCUT2D eigenvalue weighted by molar-refractivity contribution is -0.118. The molecule has 0 bridgehead atoms. The molecule has 0 spiro atoms. The molecule has 2 aliphatic heterocycles. The Bertz CT molecular complexity index is 551. The number of amides is 1. The predicted molar refractivity (Wildman–Crippen MR) is 92.0 cm³/mol. The summed E-state index contributed by atoms with van der Waals surface area (Å²) in [7, 11) is 0. The highest BCUT2D eigenvalue weighted by Gasteiger charge is 2.18. The second-order valence-corrected chi connectivity index (χ2v) is 6.74. The number of carbonyl (C=O) groups is 1. The van der Waals surface area contributed by atoms with Gasteiger partial charge in [0.05, 0.1) is 5.69 Å². The van der Waals surface area contributed by atoms with E-state index in [9.17, 15) is 4.79 Å². The average molecular weight is 317 g/mol. The van der Waals surface area contributed by atoms with E-state index in [1.165, 1.54) is 31.7 Å². The van der Waals surface area contributed by atoms with Gasteiger partial charge in [0, 0.05) is 32.2 Å². The van der Waals surface area contributed by atoms with Crippen molar-refractivity contribution in [2.45, 2.75) is 32.7 Å². The molecule has 1 aromatic carbocycles. The molecule has 1 aromatic rings. The van der Waals surface area contributed by atoms with E-state index < -0.39 is 0 Å². The summed E-state index contributed by atoms with van der Waals surface area (Å²) < 4.78 is 5.39. The number of benzene rings is 1. The van der Waals surface area contributed by atoms with Gasteiger partial charge in [-0.25, -0.2) is 0 Å². The van der Waals surface area contributed by atoms with Crippen LogP contribution in [-0.4, -0.2) is 61.1 Å². The number of piperazine rings is 1. The Morgan fingerprint density at radius 1 is 1.22 bits per heavy atom. The van der Waals surface area contributed by atoms with Crippen LogP contribution in [0.15, 0.2) is 18.2 Å². The van der Waals surface area contributed by atoms with Crippen molar-refractivity contribution in [3.8, 4) is 5.75 Å². The second-order valence-electron chi connectivity index (χ2n) is 6.74. The van der Waals surface area contributed by atoms with E-state index in [1.807, 2.05) is 12.1 Å². The van der Waals surface area contributed by atoms with Crippen LogP contribution in [0, 0.1) is 0 Å². The molecular weight excluding hydrogens is 290 g/mol. The monoisotopic (exact) mass is 317 g/mol. The van der Waals surface area contributed by atoms with E-state index in [2.05, 4.69) is 35.0 Å². The molecule has 3 rings (SSSR count). The normalized spacial score (nSPS) is 19.3. The molecule has 2 aliphatic rings. The Morgan fingerprint density at radius 3 is 2.74 bits per heavy atom. The van der Waals surface area contributed by atoms with E-state index in [-0.39, 0.29) is 12.5 Å². The van der Waals surface area contributed by atoms with E-state index in [1.54, 1.807) is 0 Å². The summed E-state index contributed by atoms with van der Waals surface area (Å²) in [6.07, 6.45) is 2.18. The molecule has 23 heavy (non-hydrogen) atoms. The summed E-state index contributed by atoms with van der Waals surface area (Å²) in [5.41, 5.74) is 2.07. The Labute approximate surface area is 138 Å². The van der Waals surface area contributed by atoms with E-state index in [0.29, 0.717) is 6.04 Å². The molecule has 0 saturated carbocycles. The van der Waals surface area contributed by atoms with Gasteiger partial charge in [0.1, 0.15) is 5.75 Å². The first-order valence-corrected chi connectivity index (χ1v) is 8.64. The van der Waals surface area contributed by atoms with Crippen LogP contribution < -0.4 is 10.1 Å². The van der Waals surface area contributed by atoms with Gasteiger partial charge in [0.25, 0.3) is 5.91 Å². The molecule has 1 fully saturated rings. The molecule has 0 aromatic heterocycles. The minimum absolute atomic E-state index is 0.0716. The van der Waals surface area contributed by atoms with Gasteiger partial charge >= 0.3 is 0 Å². The third-order valence-electron chi connectivity index (χ3n) is 4.75. The highest BCUT2D eigenvalue weighted by Crippen LogP contribution is 2.28. The first kappa shape index (κ1) is 16.3. The standard InChI is InChI=1S/C18H27N3O2/c1-14(2)21-10-8-20(9-11-21)7-3-4-15-5-6-17-16(12-15)19-18(22)13-23-17/h5-6,12,14H,3-4,7-11,13H2,1-2H3,(H,19,22). The predicted octanol–water partition coefficient (Wildman–Crippen LogP) is 1.98. The summed E-state index contributed by atoms with van der Waals surface area (Å²) in [6.45, 7) is 10.5. The third-order valence-corrected chi connectivity index (χ3v) is 4.75. The summed E-state index contributed by atoms with van der Waals surface area (Å²) >= 11 is 0. The van der Waals surface area contributed by atoms with Crippen LogP contribution in [0.4, 0.5) is 5.69 Å². The maximum atomic E-state index is 11.4. The average Bonchev–Trinajstić information content (AvgIpc) is 2.55. The maximum Gasteiger partial charge on any atom is 0.262 e. The van der Waals surface area contributed by atoms with Crippen LogP contribution in [0.1, 0.15) is 25.8 Å². The lowest BCUT2D eigenvalue weighted by atomic mass is 10.1. The van der Waals surface area contributed by atoms with Crippen molar-refractivity contribution in [2.24, 2.45) is 0 Å². The number of hydrogen-bond acceptors (Lipinski definition) is 4. The number of rotatable bonds is 5. The Balaban J connectivity index is 1.44.